The van der Waals surface area contributed by atoms with E-state index in [0.717, 1.165) is 36.5 Å². The molecule has 0 bridgehead atoms. The second kappa shape index (κ2) is 8.16. The Morgan fingerprint density at radius 2 is 1.71 bits per heavy atom. The van der Waals surface area contributed by atoms with Crippen molar-refractivity contribution in [1.82, 2.24) is 0 Å². The Balaban J connectivity index is 3.17. The zero-order chi connectivity index (χ0) is 16.0. The van der Waals surface area contributed by atoms with Gasteiger partial charge in [0.1, 0.15) is 5.75 Å². The summed E-state index contributed by atoms with van der Waals surface area (Å²) in [6.45, 7) is 14.1. The standard InChI is InChI=1S/C18H32N2O/c1-7-15(8-2)20(12-13(3)4)16-10-9-11-17(18(16)19)21-14(5)6/h9-11,13-15H,7-8,12,19H2,1-6H3. The highest BCUT2D eigenvalue weighted by molar-refractivity contribution is 5.74. The van der Waals surface area contributed by atoms with Crippen molar-refractivity contribution in [2.75, 3.05) is 17.2 Å². The molecule has 1 aromatic rings. The smallest absolute Gasteiger partial charge is 0.144 e. The van der Waals surface area contributed by atoms with E-state index < -0.39 is 0 Å². The first kappa shape index (κ1) is 17.7. The minimum absolute atomic E-state index is 0.134. The second-order valence-electron chi connectivity index (χ2n) is 6.37. The Morgan fingerprint density at radius 3 is 2.19 bits per heavy atom. The van der Waals surface area contributed by atoms with E-state index in [1.54, 1.807) is 0 Å². The van der Waals surface area contributed by atoms with Crippen molar-refractivity contribution in [3.63, 3.8) is 0 Å². The monoisotopic (exact) mass is 292 g/mol. The first-order valence-corrected chi connectivity index (χ1v) is 8.22. The summed E-state index contributed by atoms with van der Waals surface area (Å²) in [6, 6.07) is 6.63. The van der Waals surface area contributed by atoms with Gasteiger partial charge >= 0.3 is 0 Å². The molecule has 0 aliphatic heterocycles. The van der Waals surface area contributed by atoms with Crippen LogP contribution in [0, 0.1) is 5.92 Å². The summed E-state index contributed by atoms with van der Waals surface area (Å²) in [6.07, 6.45) is 2.38. The normalized spacial score (nSPS) is 11.5. The molecule has 3 nitrogen and oxygen atoms in total. The van der Waals surface area contributed by atoms with E-state index >= 15 is 0 Å². The fraction of sp³-hybridized carbons (Fsp3) is 0.667. The zero-order valence-corrected chi connectivity index (χ0v) is 14.5. The molecule has 2 N–H and O–H groups in total. The molecule has 0 amide bonds. The fourth-order valence-electron chi connectivity index (χ4n) is 2.71. The van der Waals surface area contributed by atoms with Crippen LogP contribution < -0.4 is 15.4 Å². The minimum Gasteiger partial charge on any atom is -0.489 e. The van der Waals surface area contributed by atoms with Crippen molar-refractivity contribution < 1.29 is 4.74 Å². The third kappa shape index (κ3) is 4.83. The van der Waals surface area contributed by atoms with Crippen LogP contribution in [0.4, 0.5) is 11.4 Å². The average Bonchev–Trinajstić information content (AvgIpc) is 2.40. The summed E-state index contributed by atoms with van der Waals surface area (Å²) < 4.78 is 5.84. The van der Waals surface area contributed by atoms with Crippen LogP contribution in [-0.2, 0) is 0 Å². The molecule has 21 heavy (non-hydrogen) atoms. The van der Waals surface area contributed by atoms with Crippen LogP contribution in [0.3, 0.4) is 0 Å². The summed E-state index contributed by atoms with van der Waals surface area (Å²) in [5.41, 5.74) is 8.26. The van der Waals surface area contributed by atoms with Crippen molar-refractivity contribution in [3.05, 3.63) is 18.2 Å². The number of hydrogen-bond donors (Lipinski definition) is 1. The molecule has 120 valence electrons. The quantitative estimate of drug-likeness (QED) is 0.705. The molecule has 0 saturated carbocycles. The number of anilines is 2. The van der Waals surface area contributed by atoms with Crippen LogP contribution in [0.1, 0.15) is 54.4 Å². The van der Waals surface area contributed by atoms with Gasteiger partial charge < -0.3 is 15.4 Å². The molecule has 1 rings (SSSR count). The van der Waals surface area contributed by atoms with E-state index in [2.05, 4.69) is 38.7 Å². The molecule has 0 fully saturated rings. The lowest BCUT2D eigenvalue weighted by molar-refractivity contribution is 0.244. The van der Waals surface area contributed by atoms with Crippen molar-refractivity contribution >= 4 is 11.4 Å². The van der Waals surface area contributed by atoms with E-state index in [0.29, 0.717) is 12.0 Å². The topological polar surface area (TPSA) is 38.5 Å². The van der Waals surface area contributed by atoms with E-state index in [1.807, 2.05) is 26.0 Å². The van der Waals surface area contributed by atoms with Crippen molar-refractivity contribution in [2.45, 2.75) is 66.5 Å². The van der Waals surface area contributed by atoms with E-state index in [1.165, 1.54) is 0 Å². The Bertz CT molecular complexity index is 425. The van der Waals surface area contributed by atoms with Crippen LogP contribution in [-0.4, -0.2) is 18.7 Å². The Hall–Kier alpha value is -1.38. The molecule has 0 aliphatic carbocycles. The van der Waals surface area contributed by atoms with Gasteiger partial charge in [0, 0.05) is 12.6 Å². The van der Waals surface area contributed by atoms with Crippen LogP contribution >= 0.6 is 0 Å². The van der Waals surface area contributed by atoms with Crippen molar-refractivity contribution in [3.8, 4) is 5.75 Å². The van der Waals surface area contributed by atoms with Gasteiger partial charge in [0.25, 0.3) is 0 Å². The Labute approximate surface area is 130 Å². The maximum absolute atomic E-state index is 6.39. The zero-order valence-electron chi connectivity index (χ0n) is 14.5. The highest BCUT2D eigenvalue weighted by Crippen LogP contribution is 2.35. The molecule has 0 atom stereocenters. The maximum Gasteiger partial charge on any atom is 0.144 e. The molecule has 0 aromatic heterocycles. The van der Waals surface area contributed by atoms with Gasteiger partial charge in [0.15, 0.2) is 0 Å². The molecule has 0 radical (unpaired) electrons. The second-order valence-corrected chi connectivity index (χ2v) is 6.37. The van der Waals surface area contributed by atoms with E-state index in [-0.39, 0.29) is 6.10 Å². The van der Waals surface area contributed by atoms with Crippen LogP contribution in [0.15, 0.2) is 18.2 Å². The number of rotatable bonds is 8. The van der Waals surface area contributed by atoms with Crippen molar-refractivity contribution in [2.24, 2.45) is 5.92 Å². The highest BCUT2D eigenvalue weighted by Gasteiger charge is 2.20. The van der Waals surface area contributed by atoms with Crippen LogP contribution in [0.5, 0.6) is 5.75 Å². The molecule has 0 heterocycles. The van der Waals surface area contributed by atoms with Gasteiger partial charge in [-0.3, -0.25) is 0 Å². The molecule has 0 saturated heterocycles. The lowest BCUT2D eigenvalue weighted by atomic mass is 10.1. The molecule has 0 spiro atoms. The molecule has 1 aromatic carbocycles. The van der Waals surface area contributed by atoms with Gasteiger partial charge in [-0.05, 0) is 44.7 Å². The summed E-state index contributed by atoms with van der Waals surface area (Å²) in [5, 5.41) is 0. The highest BCUT2D eigenvalue weighted by atomic mass is 16.5. The van der Waals surface area contributed by atoms with E-state index in [9.17, 15) is 0 Å². The number of nitrogen functional groups attached to an aromatic ring is 1. The van der Waals surface area contributed by atoms with Gasteiger partial charge in [-0.15, -0.1) is 0 Å². The van der Waals surface area contributed by atoms with E-state index in [4.69, 9.17) is 10.5 Å². The predicted molar refractivity (Wildman–Crippen MR) is 93.2 cm³/mol. The number of nitrogens with two attached hydrogens (primary N) is 1. The predicted octanol–water partition coefficient (Wildman–Crippen LogP) is 4.71. The number of para-hydroxylation sites is 1. The third-order valence-corrected chi connectivity index (χ3v) is 3.66. The third-order valence-electron chi connectivity index (χ3n) is 3.66. The largest absolute Gasteiger partial charge is 0.489 e. The lowest BCUT2D eigenvalue weighted by Gasteiger charge is -2.35. The molecule has 3 heteroatoms. The maximum atomic E-state index is 6.39. The Morgan fingerprint density at radius 1 is 1.10 bits per heavy atom. The van der Waals surface area contributed by atoms with Gasteiger partial charge in [-0.1, -0.05) is 33.8 Å². The number of benzene rings is 1. The van der Waals surface area contributed by atoms with Gasteiger partial charge in [-0.2, -0.15) is 0 Å². The SMILES string of the molecule is CCC(CC)N(CC(C)C)c1cccc(OC(C)C)c1N. The first-order chi connectivity index (χ1) is 9.90. The Kier molecular flexibility index (Phi) is 6.86. The van der Waals surface area contributed by atoms with Crippen LogP contribution in [0.2, 0.25) is 0 Å². The summed E-state index contributed by atoms with van der Waals surface area (Å²) >= 11 is 0. The summed E-state index contributed by atoms with van der Waals surface area (Å²) in [7, 11) is 0. The molecule has 0 aliphatic rings. The van der Waals surface area contributed by atoms with Gasteiger partial charge in [0.2, 0.25) is 0 Å². The fourth-order valence-corrected chi connectivity index (χ4v) is 2.71. The van der Waals surface area contributed by atoms with Crippen LogP contribution in [0.25, 0.3) is 0 Å². The summed E-state index contributed by atoms with van der Waals surface area (Å²) in [5.74, 6) is 1.39. The summed E-state index contributed by atoms with van der Waals surface area (Å²) in [4.78, 5) is 2.45. The number of ether oxygens (including phenoxy) is 1. The molecule has 0 unspecified atom stereocenters. The number of hydrogen-bond acceptors (Lipinski definition) is 3. The van der Waals surface area contributed by atoms with Crippen molar-refractivity contribution in [1.29, 1.82) is 0 Å². The molecular formula is C18H32N2O. The van der Waals surface area contributed by atoms with Gasteiger partial charge in [-0.25, -0.2) is 0 Å². The lowest BCUT2D eigenvalue weighted by Crippen LogP contribution is -2.37. The average molecular weight is 292 g/mol. The molecular weight excluding hydrogens is 260 g/mol. The number of nitrogens with zero attached hydrogens (tertiary/aromatic N) is 1. The van der Waals surface area contributed by atoms with Gasteiger partial charge in [0.05, 0.1) is 17.5 Å². The first-order valence-electron chi connectivity index (χ1n) is 8.22. The minimum atomic E-state index is 0.134.